The molecule has 0 amide bonds. The average molecular weight is 524 g/mol. The van der Waals surface area contributed by atoms with E-state index in [1.54, 1.807) is 60.5 Å². The van der Waals surface area contributed by atoms with Crippen molar-refractivity contribution in [3.05, 3.63) is 101 Å². The van der Waals surface area contributed by atoms with Crippen molar-refractivity contribution in [3.8, 4) is 16.8 Å². The molecular formula is C29H25N5O3S. The molecule has 3 aromatic carbocycles. The van der Waals surface area contributed by atoms with E-state index in [-0.39, 0.29) is 5.69 Å². The van der Waals surface area contributed by atoms with Crippen LogP contribution >= 0.6 is 0 Å². The van der Waals surface area contributed by atoms with E-state index in [0.29, 0.717) is 16.8 Å². The van der Waals surface area contributed by atoms with Crippen molar-refractivity contribution in [2.45, 2.75) is 18.6 Å². The summed E-state index contributed by atoms with van der Waals surface area (Å²) in [5, 5.41) is 7.31. The first-order valence-corrected chi connectivity index (χ1v) is 13.6. The molecule has 0 unspecified atom stereocenters. The van der Waals surface area contributed by atoms with Crippen LogP contribution in [0.15, 0.2) is 90.0 Å². The van der Waals surface area contributed by atoms with Crippen LogP contribution < -0.4 is 10.8 Å². The third-order valence-corrected chi connectivity index (χ3v) is 9.00. The van der Waals surface area contributed by atoms with E-state index < -0.39 is 14.8 Å². The fourth-order valence-corrected chi connectivity index (χ4v) is 5.29. The van der Waals surface area contributed by atoms with Crippen LogP contribution in [0.25, 0.3) is 49.7 Å². The van der Waals surface area contributed by atoms with Gasteiger partial charge in [0.05, 0.1) is 34.0 Å². The van der Waals surface area contributed by atoms with E-state index in [0.717, 1.165) is 38.4 Å². The number of pyridine rings is 2. The highest BCUT2D eigenvalue weighted by molar-refractivity contribution is 7.90. The van der Waals surface area contributed by atoms with E-state index >= 15 is 0 Å². The highest BCUT2D eigenvalue weighted by Crippen LogP contribution is 2.32. The number of hydrogen-bond acceptors (Lipinski definition) is 5. The third kappa shape index (κ3) is 3.62. The Balaban J connectivity index is 1.57. The molecule has 0 bridgehead atoms. The topological polar surface area (TPSA) is 113 Å². The molecule has 0 spiro atoms. The van der Waals surface area contributed by atoms with Crippen LogP contribution in [0.3, 0.4) is 0 Å². The number of rotatable bonds is 4. The maximum atomic E-state index is 13.4. The van der Waals surface area contributed by atoms with E-state index in [4.69, 9.17) is 5.14 Å². The van der Waals surface area contributed by atoms with Gasteiger partial charge in [-0.3, -0.25) is 19.1 Å². The van der Waals surface area contributed by atoms with Gasteiger partial charge in [-0.25, -0.2) is 18.4 Å². The van der Waals surface area contributed by atoms with Crippen molar-refractivity contribution in [2.24, 2.45) is 12.2 Å². The smallest absolute Gasteiger partial charge is 0.293 e. The van der Waals surface area contributed by atoms with Crippen LogP contribution in [0, 0.1) is 0 Å². The van der Waals surface area contributed by atoms with Gasteiger partial charge in [0.25, 0.3) is 0 Å². The van der Waals surface area contributed by atoms with E-state index in [9.17, 15) is 13.2 Å². The summed E-state index contributed by atoms with van der Waals surface area (Å²) in [5.41, 5.74) is 5.91. The van der Waals surface area contributed by atoms with Crippen molar-refractivity contribution in [2.75, 3.05) is 0 Å². The molecule has 6 aromatic rings. The zero-order valence-electron chi connectivity index (χ0n) is 21.1. The average Bonchev–Trinajstić information content (AvgIpc) is 3.17. The molecule has 0 aliphatic heterocycles. The molecule has 3 aromatic heterocycles. The quantitative estimate of drug-likeness (QED) is 0.362. The Hall–Kier alpha value is -4.34. The number of nitrogens with two attached hydrogens (primary N) is 1. The van der Waals surface area contributed by atoms with Crippen molar-refractivity contribution in [3.63, 3.8) is 0 Å². The van der Waals surface area contributed by atoms with E-state index in [2.05, 4.69) is 16.0 Å². The summed E-state index contributed by atoms with van der Waals surface area (Å²) >= 11 is 0. The summed E-state index contributed by atoms with van der Waals surface area (Å²) in [4.78, 5) is 22.7. The molecule has 8 nitrogen and oxygen atoms in total. The maximum Gasteiger partial charge on any atom is 0.333 e. The number of fused-ring (bicyclic) bond motifs is 4. The maximum absolute atomic E-state index is 13.4. The van der Waals surface area contributed by atoms with Crippen molar-refractivity contribution >= 4 is 42.9 Å². The second kappa shape index (κ2) is 8.34. The lowest BCUT2D eigenvalue weighted by molar-refractivity contribution is 0.556. The Morgan fingerprint density at radius 3 is 2.29 bits per heavy atom. The summed E-state index contributed by atoms with van der Waals surface area (Å²) in [6.07, 6.45) is 3.55. The molecule has 2 N–H and O–H groups in total. The predicted octanol–water partition coefficient (Wildman–Crippen LogP) is 4.62. The normalized spacial score (nSPS) is 12.5. The molecule has 9 heteroatoms. The number of aromatic nitrogens is 4. The van der Waals surface area contributed by atoms with Crippen molar-refractivity contribution < 1.29 is 8.42 Å². The lowest BCUT2D eigenvalue weighted by Crippen LogP contribution is -2.35. The van der Waals surface area contributed by atoms with Gasteiger partial charge in [-0.1, -0.05) is 36.4 Å². The van der Waals surface area contributed by atoms with Crippen LogP contribution in [0.2, 0.25) is 0 Å². The van der Waals surface area contributed by atoms with E-state index in [1.165, 1.54) is 0 Å². The third-order valence-electron chi connectivity index (χ3n) is 7.34. The second-order valence-electron chi connectivity index (χ2n) is 9.92. The summed E-state index contributed by atoms with van der Waals surface area (Å²) < 4.78 is 26.2. The van der Waals surface area contributed by atoms with Gasteiger partial charge in [-0.05, 0) is 61.4 Å². The Morgan fingerprint density at radius 2 is 1.55 bits per heavy atom. The lowest BCUT2D eigenvalue weighted by Gasteiger charge is -2.22. The van der Waals surface area contributed by atoms with Crippen LogP contribution in [-0.4, -0.2) is 27.5 Å². The predicted molar refractivity (Wildman–Crippen MR) is 151 cm³/mol. The molecule has 0 fully saturated rings. The van der Waals surface area contributed by atoms with Crippen LogP contribution in [0.5, 0.6) is 0 Å². The fourth-order valence-electron chi connectivity index (χ4n) is 4.82. The standard InChI is InChI=1S/C29H25N5O3S/c1-29(2,38(30,36)37)21-9-11-22(12-10-21)34-27-23-15-18(20-14-19-6-4-5-7-24(19)31-16-20)8-13-25(23)32-17-26(27)33(3)28(34)35/h4-17H,1-3H3,(H2,30,36,37). The monoisotopic (exact) mass is 523 g/mol. The second-order valence-corrected chi connectivity index (χ2v) is 12.0. The minimum absolute atomic E-state index is 0.231. The van der Waals surface area contributed by atoms with Crippen LogP contribution in [-0.2, 0) is 21.8 Å². The molecule has 0 saturated carbocycles. The SMILES string of the molecule is Cn1c(=O)n(-c2ccc(C(C)(C)S(N)(=O)=O)cc2)c2c3cc(-c4cnc5ccccc5c4)ccc3ncc21. The number of para-hydroxylation sites is 1. The van der Waals surface area contributed by atoms with Gasteiger partial charge in [0, 0.05) is 29.6 Å². The Kier molecular flexibility index (Phi) is 5.27. The molecule has 38 heavy (non-hydrogen) atoms. The summed E-state index contributed by atoms with van der Waals surface area (Å²) in [6.45, 7) is 3.12. The van der Waals surface area contributed by atoms with Crippen LogP contribution in [0.4, 0.5) is 0 Å². The number of nitrogens with zero attached hydrogens (tertiary/aromatic N) is 4. The Bertz CT molecular complexity index is 2060. The Labute approximate surface area is 219 Å². The number of primary sulfonamides is 1. The number of hydrogen-bond donors (Lipinski definition) is 1. The van der Waals surface area contributed by atoms with Gasteiger partial charge in [0.15, 0.2) is 0 Å². The minimum atomic E-state index is -3.83. The van der Waals surface area contributed by atoms with Gasteiger partial charge in [0.2, 0.25) is 10.0 Å². The zero-order chi connectivity index (χ0) is 26.8. The zero-order valence-corrected chi connectivity index (χ0v) is 21.9. The molecule has 6 rings (SSSR count). The lowest BCUT2D eigenvalue weighted by atomic mass is 10.0. The van der Waals surface area contributed by atoms with Gasteiger partial charge in [0.1, 0.15) is 4.75 Å². The largest absolute Gasteiger partial charge is 0.333 e. The van der Waals surface area contributed by atoms with Crippen LogP contribution in [0.1, 0.15) is 19.4 Å². The molecule has 190 valence electrons. The molecular weight excluding hydrogens is 498 g/mol. The summed E-state index contributed by atoms with van der Waals surface area (Å²) in [6, 6.07) is 22.9. The number of sulfonamides is 1. The molecule has 0 atom stereocenters. The molecule has 0 aliphatic rings. The molecule has 3 heterocycles. The fraction of sp³-hybridized carbons (Fsp3) is 0.138. The van der Waals surface area contributed by atoms with Gasteiger partial charge < -0.3 is 0 Å². The summed E-state index contributed by atoms with van der Waals surface area (Å²) in [7, 11) is -2.12. The first-order chi connectivity index (χ1) is 18.1. The van der Waals surface area contributed by atoms with Crippen molar-refractivity contribution in [1.82, 2.24) is 19.1 Å². The highest BCUT2D eigenvalue weighted by atomic mass is 32.2. The van der Waals surface area contributed by atoms with Gasteiger partial charge in [-0.2, -0.15) is 0 Å². The van der Waals surface area contributed by atoms with E-state index in [1.807, 2.05) is 48.7 Å². The molecule has 0 saturated heterocycles. The first-order valence-electron chi connectivity index (χ1n) is 12.0. The van der Waals surface area contributed by atoms with Gasteiger partial charge >= 0.3 is 5.69 Å². The van der Waals surface area contributed by atoms with Gasteiger partial charge in [-0.15, -0.1) is 0 Å². The minimum Gasteiger partial charge on any atom is -0.293 e. The molecule has 0 radical (unpaired) electrons. The molecule has 0 aliphatic carbocycles. The number of aryl methyl sites for hydroxylation is 1. The first kappa shape index (κ1) is 24.0. The number of imidazole rings is 1. The van der Waals surface area contributed by atoms with Crippen molar-refractivity contribution in [1.29, 1.82) is 0 Å². The Morgan fingerprint density at radius 1 is 0.842 bits per heavy atom. The summed E-state index contributed by atoms with van der Waals surface area (Å²) in [5.74, 6) is 0. The number of benzene rings is 3. The highest BCUT2D eigenvalue weighted by Gasteiger charge is 2.33.